The summed E-state index contributed by atoms with van der Waals surface area (Å²) in [4.78, 5) is 15.8. The zero-order valence-electron chi connectivity index (χ0n) is 27.2. The molecule has 4 aliphatic heterocycles. The molecule has 0 bridgehead atoms. The molecule has 12 heteroatoms. The normalized spacial score (nSPS) is 28.0. The van der Waals surface area contributed by atoms with Gasteiger partial charge in [0.05, 0.1) is 45.4 Å². The molecule has 11 nitrogen and oxygen atoms in total. The molecule has 4 aliphatic rings. The van der Waals surface area contributed by atoms with Gasteiger partial charge in [-0.2, -0.15) is 4.31 Å². The van der Waals surface area contributed by atoms with Crippen LogP contribution in [0.25, 0.3) is 0 Å². The van der Waals surface area contributed by atoms with Crippen LogP contribution in [0.2, 0.25) is 0 Å². The minimum atomic E-state index is -4.12. The van der Waals surface area contributed by atoms with E-state index in [0.717, 1.165) is 57.2 Å². The molecule has 1 N–H and O–H groups in total. The number of sulfonamides is 1. The Morgan fingerprint density at radius 2 is 1.85 bits per heavy atom. The number of esters is 1. The SMILES string of the molecule is COc1ccc2c(c1)OCCCCCN1CCC[C@@H]1CN(C[C@@H](O)[C@@H](CC(=O)O[C@H]1CO[C@H]3OCC[C@H]31)Cc1ccccc1)S2(=O)=O. The van der Waals surface area contributed by atoms with E-state index < -0.39 is 34.1 Å². The second-order valence-corrected chi connectivity index (χ2v) is 15.1. The van der Waals surface area contributed by atoms with Gasteiger partial charge in [0.2, 0.25) is 10.0 Å². The van der Waals surface area contributed by atoms with Crippen molar-refractivity contribution in [1.29, 1.82) is 0 Å². The van der Waals surface area contributed by atoms with E-state index in [-0.39, 0.29) is 55.0 Å². The third-order valence-corrected chi connectivity index (χ3v) is 11.9. The van der Waals surface area contributed by atoms with Crippen molar-refractivity contribution in [3.63, 3.8) is 0 Å². The number of nitrogens with zero attached hydrogens (tertiary/aromatic N) is 2. The van der Waals surface area contributed by atoms with Crippen LogP contribution >= 0.6 is 0 Å². The third-order valence-electron chi connectivity index (χ3n) is 10.0. The summed E-state index contributed by atoms with van der Waals surface area (Å²) in [6.45, 7) is 3.12. The average Bonchev–Trinajstić information content (AvgIpc) is 3.81. The summed E-state index contributed by atoms with van der Waals surface area (Å²) < 4.78 is 59.1. The van der Waals surface area contributed by atoms with E-state index in [2.05, 4.69) is 4.90 Å². The molecule has 0 saturated carbocycles. The molecule has 258 valence electrons. The number of β-amino-alcohol motifs (C(OH)–C–C–N with tert-alkyl or cyclic N) is 1. The maximum atomic E-state index is 14.5. The summed E-state index contributed by atoms with van der Waals surface area (Å²) in [6, 6.07) is 14.4. The van der Waals surface area contributed by atoms with Gasteiger partial charge in [0.1, 0.15) is 22.5 Å². The number of carbonyl (C=O) groups excluding carboxylic acids is 1. The number of hydrogen-bond donors (Lipinski definition) is 1. The fraction of sp³-hybridized carbons (Fsp3) is 0.629. The van der Waals surface area contributed by atoms with Crippen molar-refractivity contribution in [3.8, 4) is 11.5 Å². The number of rotatable bonds is 9. The largest absolute Gasteiger partial charge is 0.497 e. The van der Waals surface area contributed by atoms with Crippen molar-refractivity contribution in [2.45, 2.75) is 80.8 Å². The summed E-state index contributed by atoms with van der Waals surface area (Å²) in [6.07, 6.45) is 3.87. The Balaban J connectivity index is 1.27. The first kappa shape index (κ1) is 34.1. The van der Waals surface area contributed by atoms with Crippen molar-refractivity contribution in [3.05, 3.63) is 54.1 Å². The van der Waals surface area contributed by atoms with Gasteiger partial charge in [-0.25, -0.2) is 8.42 Å². The molecule has 47 heavy (non-hydrogen) atoms. The second kappa shape index (κ2) is 15.7. The molecular weight excluding hydrogens is 624 g/mol. The van der Waals surface area contributed by atoms with Crippen LogP contribution in [0.15, 0.2) is 53.4 Å². The summed E-state index contributed by atoms with van der Waals surface area (Å²) in [7, 11) is -2.59. The van der Waals surface area contributed by atoms with Gasteiger partial charge >= 0.3 is 5.97 Å². The van der Waals surface area contributed by atoms with Crippen LogP contribution < -0.4 is 9.47 Å². The van der Waals surface area contributed by atoms with Gasteiger partial charge in [0.25, 0.3) is 0 Å². The predicted molar refractivity (Wildman–Crippen MR) is 174 cm³/mol. The highest BCUT2D eigenvalue weighted by Gasteiger charge is 2.44. The van der Waals surface area contributed by atoms with Crippen LogP contribution in [-0.2, 0) is 35.4 Å². The Bertz CT molecular complexity index is 1440. The lowest BCUT2D eigenvalue weighted by atomic mass is 9.90. The molecule has 2 aromatic rings. The van der Waals surface area contributed by atoms with E-state index in [9.17, 15) is 18.3 Å². The number of aliphatic hydroxyl groups is 1. The highest BCUT2D eigenvalue weighted by molar-refractivity contribution is 7.89. The Morgan fingerprint density at radius 1 is 1.02 bits per heavy atom. The molecule has 0 spiro atoms. The monoisotopic (exact) mass is 672 g/mol. The molecule has 0 aromatic heterocycles. The predicted octanol–water partition coefficient (Wildman–Crippen LogP) is 3.63. The van der Waals surface area contributed by atoms with Gasteiger partial charge in [-0.15, -0.1) is 0 Å². The molecule has 6 atom stereocenters. The van der Waals surface area contributed by atoms with Crippen molar-refractivity contribution in [2.75, 3.05) is 53.1 Å². The highest BCUT2D eigenvalue weighted by Crippen LogP contribution is 2.35. The molecule has 0 radical (unpaired) electrons. The van der Waals surface area contributed by atoms with E-state index in [0.29, 0.717) is 25.4 Å². The minimum absolute atomic E-state index is 0.00314. The Hall–Kier alpha value is -2.74. The number of benzene rings is 2. The van der Waals surface area contributed by atoms with Crippen LogP contribution in [0, 0.1) is 11.8 Å². The molecule has 6 rings (SSSR count). The van der Waals surface area contributed by atoms with E-state index >= 15 is 0 Å². The maximum absolute atomic E-state index is 14.5. The van der Waals surface area contributed by atoms with Crippen LogP contribution in [0.3, 0.4) is 0 Å². The topological polar surface area (TPSA) is 124 Å². The molecule has 4 heterocycles. The van der Waals surface area contributed by atoms with Crippen LogP contribution in [-0.4, -0.2) is 106 Å². The summed E-state index contributed by atoms with van der Waals surface area (Å²) in [5, 5.41) is 11.9. The van der Waals surface area contributed by atoms with E-state index in [1.165, 1.54) is 17.5 Å². The van der Waals surface area contributed by atoms with Gasteiger partial charge in [0, 0.05) is 31.1 Å². The summed E-state index contributed by atoms with van der Waals surface area (Å²) in [5.74, 6) is -0.283. The van der Waals surface area contributed by atoms with Gasteiger partial charge in [-0.3, -0.25) is 9.69 Å². The number of aliphatic hydroxyl groups excluding tert-OH is 1. The first-order valence-corrected chi connectivity index (χ1v) is 18.5. The van der Waals surface area contributed by atoms with E-state index in [1.54, 1.807) is 12.1 Å². The van der Waals surface area contributed by atoms with E-state index in [1.807, 2.05) is 30.3 Å². The lowest BCUT2D eigenvalue weighted by molar-refractivity contribution is -0.153. The van der Waals surface area contributed by atoms with Gasteiger partial charge < -0.3 is 28.8 Å². The Kier molecular flexibility index (Phi) is 11.4. The first-order valence-electron chi connectivity index (χ1n) is 17.0. The second-order valence-electron chi connectivity index (χ2n) is 13.2. The highest BCUT2D eigenvalue weighted by atomic mass is 32.2. The Labute approximate surface area is 278 Å². The molecule has 0 aliphatic carbocycles. The number of fused-ring (bicyclic) bond motifs is 3. The van der Waals surface area contributed by atoms with Crippen molar-refractivity contribution in [1.82, 2.24) is 9.21 Å². The van der Waals surface area contributed by atoms with Crippen molar-refractivity contribution >= 4 is 16.0 Å². The average molecular weight is 673 g/mol. The smallest absolute Gasteiger partial charge is 0.306 e. The molecule has 0 amide bonds. The third kappa shape index (κ3) is 8.29. The van der Waals surface area contributed by atoms with Gasteiger partial charge in [-0.05, 0) is 75.7 Å². The molecule has 3 fully saturated rings. The zero-order valence-corrected chi connectivity index (χ0v) is 28.0. The first-order chi connectivity index (χ1) is 22.8. The summed E-state index contributed by atoms with van der Waals surface area (Å²) >= 11 is 0. The molecule has 3 saturated heterocycles. The standard InChI is InChI=1S/C35H48N2O9S/c1-42-28-12-13-33-31(21-28)43-17-7-3-6-15-36-16-8-11-27(36)22-37(47(33,40)41)23-30(38)26(19-25-9-4-2-5-10-25)20-34(39)46-32-24-45-35-29(32)14-18-44-35/h2,4-5,9-10,12-13,21,26-27,29-30,32,35,38H,3,6-8,11,14-20,22-24H2,1H3/t26-,27-,29+,30-,32+,35-/m1/s1. The van der Waals surface area contributed by atoms with Crippen LogP contribution in [0.4, 0.5) is 0 Å². The van der Waals surface area contributed by atoms with Crippen LogP contribution in [0.5, 0.6) is 11.5 Å². The summed E-state index contributed by atoms with van der Waals surface area (Å²) in [5.41, 5.74) is 0.943. The van der Waals surface area contributed by atoms with Gasteiger partial charge in [0.15, 0.2) is 6.29 Å². The number of hydrogen-bond acceptors (Lipinski definition) is 10. The number of methoxy groups -OCH3 is 1. The maximum Gasteiger partial charge on any atom is 0.306 e. The molecular formula is C35H48N2O9S. The van der Waals surface area contributed by atoms with Crippen LogP contribution in [0.1, 0.15) is 50.5 Å². The lowest BCUT2D eigenvalue weighted by Gasteiger charge is -2.33. The van der Waals surface area contributed by atoms with Crippen molar-refractivity contribution in [2.24, 2.45) is 11.8 Å². The lowest BCUT2D eigenvalue weighted by Crippen LogP contribution is -2.47. The minimum Gasteiger partial charge on any atom is -0.497 e. The fourth-order valence-corrected chi connectivity index (χ4v) is 8.96. The van der Waals surface area contributed by atoms with Gasteiger partial charge in [-0.1, -0.05) is 30.3 Å². The fourth-order valence-electron chi connectivity index (χ4n) is 7.36. The van der Waals surface area contributed by atoms with E-state index in [4.69, 9.17) is 23.7 Å². The quantitative estimate of drug-likeness (QED) is 0.395. The Morgan fingerprint density at radius 3 is 2.68 bits per heavy atom. The number of ether oxygens (including phenoxy) is 5. The molecule has 2 aromatic carbocycles. The molecule has 0 unspecified atom stereocenters. The number of carbonyl (C=O) groups is 1. The zero-order chi connectivity index (χ0) is 32.8. The van der Waals surface area contributed by atoms with Crippen molar-refractivity contribution < 1.29 is 42.0 Å².